The first kappa shape index (κ1) is 20.3. The minimum absolute atomic E-state index is 0.238. The van der Waals surface area contributed by atoms with Crippen molar-refractivity contribution < 1.29 is 19.1 Å². The molecule has 7 heteroatoms. The molecule has 0 saturated heterocycles. The number of rotatable bonds is 11. The number of carbonyl (C=O) groups excluding carboxylic acids is 2. The largest absolute Gasteiger partial charge is 0.412 e. The van der Waals surface area contributed by atoms with E-state index in [1.807, 2.05) is 0 Å². The van der Waals surface area contributed by atoms with Crippen molar-refractivity contribution in [2.24, 2.45) is 0 Å². The van der Waals surface area contributed by atoms with Crippen LogP contribution in [0.4, 0.5) is 9.59 Å². The molecule has 0 aliphatic rings. The fourth-order valence-corrected chi connectivity index (χ4v) is 2.80. The van der Waals surface area contributed by atoms with Crippen LogP contribution in [0.15, 0.2) is 10.8 Å². The third-order valence-corrected chi connectivity index (χ3v) is 4.20. The van der Waals surface area contributed by atoms with Crippen LogP contribution in [0.2, 0.25) is 0 Å². The van der Waals surface area contributed by atoms with Crippen molar-refractivity contribution in [2.75, 3.05) is 13.6 Å². The zero-order valence-corrected chi connectivity index (χ0v) is 15.4. The number of nitrogens with one attached hydrogen (secondary N) is 2. The van der Waals surface area contributed by atoms with Gasteiger partial charge in [0.15, 0.2) is 11.5 Å². The van der Waals surface area contributed by atoms with E-state index in [1.54, 1.807) is 10.8 Å². The summed E-state index contributed by atoms with van der Waals surface area (Å²) in [6.45, 7) is 2.80. The Kier molecular flexibility index (Phi) is 10.7. The first-order valence-electron chi connectivity index (χ1n) is 8.58. The third-order valence-electron chi connectivity index (χ3n) is 3.50. The molecular formula is C17H28N2O4S. The summed E-state index contributed by atoms with van der Waals surface area (Å²) in [7, 11) is 1.46. The molecule has 0 unspecified atom stereocenters. The van der Waals surface area contributed by atoms with Gasteiger partial charge in [-0.15, -0.1) is 11.3 Å². The predicted molar refractivity (Wildman–Crippen MR) is 96.0 cm³/mol. The minimum atomic E-state index is -0.599. The molecule has 136 valence electrons. The summed E-state index contributed by atoms with van der Waals surface area (Å²) in [6, 6.07) is 0. The Labute approximate surface area is 147 Å². The van der Waals surface area contributed by atoms with Crippen molar-refractivity contribution in [2.45, 2.75) is 58.3 Å². The fourth-order valence-electron chi connectivity index (χ4n) is 2.16. The number of ether oxygens (including phenoxy) is 2. The molecule has 0 atom stereocenters. The van der Waals surface area contributed by atoms with Gasteiger partial charge in [-0.05, 0) is 6.42 Å². The number of amides is 2. The van der Waals surface area contributed by atoms with Crippen LogP contribution in [0.3, 0.4) is 0 Å². The monoisotopic (exact) mass is 356 g/mol. The molecule has 1 aromatic heterocycles. The van der Waals surface area contributed by atoms with Crippen LogP contribution in [0.25, 0.3) is 0 Å². The number of thiophene rings is 1. The summed E-state index contributed by atoms with van der Waals surface area (Å²) < 4.78 is 10.1. The van der Waals surface area contributed by atoms with Crippen molar-refractivity contribution in [3.63, 3.8) is 0 Å². The van der Waals surface area contributed by atoms with E-state index in [9.17, 15) is 9.59 Å². The predicted octanol–water partition coefficient (Wildman–Crippen LogP) is 4.70. The van der Waals surface area contributed by atoms with Crippen LogP contribution < -0.4 is 20.1 Å². The molecule has 0 aliphatic carbocycles. The lowest BCUT2D eigenvalue weighted by atomic mass is 10.1. The minimum Gasteiger partial charge on any atom is -0.405 e. The Morgan fingerprint density at radius 2 is 1.46 bits per heavy atom. The average Bonchev–Trinajstić information content (AvgIpc) is 2.99. The summed E-state index contributed by atoms with van der Waals surface area (Å²) >= 11 is 1.29. The number of hydrogen-bond donors (Lipinski definition) is 2. The Hall–Kier alpha value is -1.76. The molecule has 0 saturated carbocycles. The molecule has 0 aromatic carbocycles. The Morgan fingerprint density at radius 1 is 0.917 bits per heavy atom. The quantitative estimate of drug-likeness (QED) is 0.564. The van der Waals surface area contributed by atoms with Crippen LogP contribution in [0, 0.1) is 0 Å². The van der Waals surface area contributed by atoms with Crippen LogP contribution in [0.5, 0.6) is 11.5 Å². The molecule has 0 fully saturated rings. The molecule has 2 amide bonds. The summed E-state index contributed by atoms with van der Waals surface area (Å²) in [5.74, 6) is 0.485. The second-order valence-electron chi connectivity index (χ2n) is 5.53. The van der Waals surface area contributed by atoms with E-state index in [2.05, 4.69) is 17.6 Å². The SMILES string of the molecule is CCCCCCCCCCNC(=O)Oc1cscc1OC(=O)NC. The maximum Gasteiger partial charge on any atom is 0.412 e. The van der Waals surface area contributed by atoms with Crippen molar-refractivity contribution in [3.8, 4) is 11.5 Å². The van der Waals surface area contributed by atoms with Gasteiger partial charge in [0, 0.05) is 24.4 Å². The summed E-state index contributed by atoms with van der Waals surface area (Å²) in [4.78, 5) is 22.9. The van der Waals surface area contributed by atoms with Gasteiger partial charge in [0.2, 0.25) is 0 Å². The molecule has 0 radical (unpaired) electrons. The highest BCUT2D eigenvalue weighted by atomic mass is 32.1. The van der Waals surface area contributed by atoms with Crippen molar-refractivity contribution in [1.82, 2.24) is 10.6 Å². The van der Waals surface area contributed by atoms with Gasteiger partial charge in [-0.2, -0.15) is 0 Å². The van der Waals surface area contributed by atoms with E-state index < -0.39 is 12.2 Å². The van der Waals surface area contributed by atoms with E-state index in [1.165, 1.54) is 56.9 Å². The molecule has 0 aliphatic heterocycles. The molecule has 1 rings (SSSR count). The number of unbranched alkanes of at least 4 members (excludes halogenated alkanes) is 7. The maximum absolute atomic E-state index is 11.7. The van der Waals surface area contributed by atoms with Crippen LogP contribution in [0.1, 0.15) is 58.3 Å². The number of hydrogen-bond acceptors (Lipinski definition) is 5. The molecule has 1 aromatic rings. The van der Waals surface area contributed by atoms with Gasteiger partial charge in [-0.1, -0.05) is 51.9 Å². The Balaban J connectivity index is 2.12. The van der Waals surface area contributed by atoms with E-state index in [0.29, 0.717) is 6.54 Å². The lowest BCUT2D eigenvalue weighted by Crippen LogP contribution is -2.28. The summed E-state index contributed by atoms with van der Waals surface area (Å²) in [5, 5.41) is 8.28. The van der Waals surface area contributed by atoms with Crippen LogP contribution in [-0.2, 0) is 0 Å². The lowest BCUT2D eigenvalue weighted by Gasteiger charge is -2.07. The second-order valence-corrected chi connectivity index (χ2v) is 6.27. The van der Waals surface area contributed by atoms with E-state index in [4.69, 9.17) is 9.47 Å². The van der Waals surface area contributed by atoms with E-state index >= 15 is 0 Å². The average molecular weight is 356 g/mol. The molecular weight excluding hydrogens is 328 g/mol. The van der Waals surface area contributed by atoms with Gasteiger partial charge in [-0.25, -0.2) is 9.59 Å². The first-order valence-corrected chi connectivity index (χ1v) is 9.53. The lowest BCUT2D eigenvalue weighted by molar-refractivity contribution is 0.191. The fraction of sp³-hybridized carbons (Fsp3) is 0.647. The summed E-state index contributed by atoms with van der Waals surface area (Å²) in [6.07, 6.45) is 8.60. The van der Waals surface area contributed by atoms with Gasteiger partial charge in [-0.3, -0.25) is 0 Å². The smallest absolute Gasteiger partial charge is 0.405 e. The Morgan fingerprint density at radius 3 is 2.04 bits per heavy atom. The molecule has 24 heavy (non-hydrogen) atoms. The molecule has 2 N–H and O–H groups in total. The zero-order chi connectivity index (χ0) is 17.6. The van der Waals surface area contributed by atoms with Crippen LogP contribution >= 0.6 is 11.3 Å². The highest BCUT2D eigenvalue weighted by Crippen LogP contribution is 2.31. The Bertz CT molecular complexity index is 491. The van der Waals surface area contributed by atoms with Gasteiger partial charge < -0.3 is 20.1 Å². The number of carbonyl (C=O) groups is 2. The third kappa shape index (κ3) is 8.76. The molecule has 1 heterocycles. The second kappa shape index (κ2) is 12.6. The summed E-state index contributed by atoms with van der Waals surface area (Å²) in [5.41, 5.74) is 0. The topological polar surface area (TPSA) is 76.7 Å². The van der Waals surface area contributed by atoms with Crippen LogP contribution in [-0.4, -0.2) is 25.8 Å². The van der Waals surface area contributed by atoms with Gasteiger partial charge in [0.1, 0.15) is 0 Å². The zero-order valence-electron chi connectivity index (χ0n) is 14.6. The van der Waals surface area contributed by atoms with Crippen molar-refractivity contribution >= 4 is 23.5 Å². The van der Waals surface area contributed by atoms with Crippen molar-refractivity contribution in [3.05, 3.63) is 10.8 Å². The van der Waals surface area contributed by atoms with Gasteiger partial charge >= 0.3 is 12.2 Å². The highest BCUT2D eigenvalue weighted by molar-refractivity contribution is 7.08. The first-order chi connectivity index (χ1) is 11.7. The molecule has 6 nitrogen and oxygen atoms in total. The van der Waals surface area contributed by atoms with Crippen molar-refractivity contribution in [1.29, 1.82) is 0 Å². The highest BCUT2D eigenvalue weighted by Gasteiger charge is 2.13. The van der Waals surface area contributed by atoms with Gasteiger partial charge in [0.05, 0.1) is 0 Å². The van der Waals surface area contributed by atoms with E-state index in [0.717, 1.165) is 12.8 Å². The van der Waals surface area contributed by atoms with Gasteiger partial charge in [0.25, 0.3) is 0 Å². The van der Waals surface area contributed by atoms with E-state index in [-0.39, 0.29) is 11.5 Å². The maximum atomic E-state index is 11.7. The standard InChI is InChI=1S/C17H28N2O4S/c1-3-4-5-6-7-8-9-10-11-19-17(21)23-15-13-24-12-14(15)22-16(20)18-2/h12-13H,3-11H2,1-2H3,(H,18,20)(H,19,21). The molecule has 0 bridgehead atoms. The normalized spacial score (nSPS) is 10.2. The molecule has 0 spiro atoms.